The third-order valence-electron chi connectivity index (χ3n) is 4.49. The van der Waals surface area contributed by atoms with Crippen molar-refractivity contribution in [2.24, 2.45) is 0 Å². The number of hydrogen-bond donors (Lipinski definition) is 4. The molecule has 3 aromatic rings. The Morgan fingerprint density at radius 2 is 1.96 bits per heavy atom. The zero-order chi connectivity index (χ0) is 19.8. The fraction of sp³-hybridized carbons (Fsp3) is 0.333. The van der Waals surface area contributed by atoms with Gasteiger partial charge in [-0.1, -0.05) is 0 Å². The maximum Gasteiger partial charge on any atom is 0.229 e. The van der Waals surface area contributed by atoms with Crippen LogP contribution in [0.2, 0.25) is 0 Å². The average Bonchev–Trinajstić information content (AvgIpc) is 3.23. The first-order valence-corrected chi connectivity index (χ1v) is 9.36. The lowest BCUT2D eigenvalue weighted by Crippen LogP contribution is -2.60. The van der Waals surface area contributed by atoms with Gasteiger partial charge in [-0.25, -0.2) is 4.98 Å². The van der Waals surface area contributed by atoms with Crippen molar-refractivity contribution in [2.75, 3.05) is 6.61 Å². The first kappa shape index (κ1) is 19.0. The first-order valence-electron chi connectivity index (χ1n) is 8.41. The van der Waals surface area contributed by atoms with Gasteiger partial charge in [-0.15, -0.1) is 11.3 Å². The smallest absolute Gasteiger partial charge is 0.229 e. The van der Waals surface area contributed by atoms with Crippen LogP contribution >= 0.6 is 11.3 Å². The molecule has 148 valence electrons. The number of nitrogens with zero attached hydrogens (tertiary/aromatic N) is 1. The molecule has 0 spiro atoms. The number of ether oxygens (including phenoxy) is 2. The van der Waals surface area contributed by atoms with Crippen LogP contribution in [0.4, 0.5) is 0 Å². The van der Waals surface area contributed by atoms with Crippen molar-refractivity contribution < 1.29 is 34.3 Å². The highest BCUT2D eigenvalue weighted by Crippen LogP contribution is 2.28. The molecule has 9 nitrogen and oxygen atoms in total. The van der Waals surface area contributed by atoms with Gasteiger partial charge in [-0.05, 0) is 12.1 Å². The molecular formula is C18H17NO8S. The molecule has 3 heterocycles. The minimum atomic E-state index is -1.55. The molecule has 1 fully saturated rings. The van der Waals surface area contributed by atoms with Gasteiger partial charge in [0.1, 0.15) is 41.4 Å². The minimum absolute atomic E-state index is 0.204. The summed E-state index contributed by atoms with van der Waals surface area (Å²) in [6.45, 7) is -0.561. The van der Waals surface area contributed by atoms with E-state index >= 15 is 0 Å². The topological polar surface area (TPSA) is 142 Å². The Kier molecular flexibility index (Phi) is 5.15. The third-order valence-corrected chi connectivity index (χ3v) is 5.07. The maximum atomic E-state index is 12.3. The van der Waals surface area contributed by atoms with E-state index in [9.17, 15) is 25.2 Å². The van der Waals surface area contributed by atoms with E-state index in [1.165, 1.54) is 35.6 Å². The molecule has 5 atom stereocenters. The second-order valence-electron chi connectivity index (χ2n) is 6.32. The van der Waals surface area contributed by atoms with Crippen LogP contribution in [-0.2, 0) is 4.74 Å². The van der Waals surface area contributed by atoms with Crippen LogP contribution in [0.3, 0.4) is 0 Å². The molecule has 28 heavy (non-hydrogen) atoms. The lowest BCUT2D eigenvalue weighted by Gasteiger charge is -2.39. The average molecular weight is 407 g/mol. The molecule has 0 unspecified atom stereocenters. The lowest BCUT2D eigenvalue weighted by molar-refractivity contribution is -0.277. The van der Waals surface area contributed by atoms with E-state index in [0.29, 0.717) is 16.8 Å². The van der Waals surface area contributed by atoms with Crippen molar-refractivity contribution >= 4 is 22.3 Å². The second kappa shape index (κ2) is 7.59. The fourth-order valence-corrected chi connectivity index (χ4v) is 3.51. The molecule has 1 aliphatic rings. The highest BCUT2D eigenvalue weighted by atomic mass is 32.1. The zero-order valence-electron chi connectivity index (χ0n) is 14.3. The molecule has 0 aliphatic carbocycles. The van der Waals surface area contributed by atoms with Gasteiger partial charge >= 0.3 is 0 Å². The Balaban J connectivity index is 1.65. The van der Waals surface area contributed by atoms with Gasteiger partial charge in [0.25, 0.3) is 0 Å². The van der Waals surface area contributed by atoms with E-state index in [1.54, 1.807) is 10.9 Å². The van der Waals surface area contributed by atoms with E-state index in [4.69, 9.17) is 13.9 Å². The molecule has 0 radical (unpaired) electrons. The number of thiazole rings is 1. The highest BCUT2D eigenvalue weighted by molar-refractivity contribution is 7.07. The quantitative estimate of drug-likeness (QED) is 0.473. The van der Waals surface area contributed by atoms with Gasteiger partial charge in [-0.2, -0.15) is 0 Å². The van der Waals surface area contributed by atoms with Crippen LogP contribution in [0.1, 0.15) is 0 Å². The van der Waals surface area contributed by atoms with Crippen LogP contribution in [0, 0.1) is 0 Å². The van der Waals surface area contributed by atoms with Crippen LogP contribution in [0.15, 0.2) is 44.4 Å². The molecule has 0 amide bonds. The van der Waals surface area contributed by atoms with E-state index in [-0.39, 0.29) is 16.8 Å². The molecule has 4 N–H and O–H groups in total. The number of benzene rings is 1. The number of fused-ring (bicyclic) bond motifs is 1. The molecule has 4 rings (SSSR count). The molecule has 1 saturated heterocycles. The van der Waals surface area contributed by atoms with Gasteiger partial charge in [-0.3, -0.25) is 4.79 Å². The standard InChI is InChI=1S/C18H17NO8S/c20-5-14-15(22)16(23)17(24)18(27-14)25-8-1-2-9-11(21)4-13(26-12(9)3-8)10-6-28-7-19-10/h1-4,6-7,14-18,20,22-24H,5H2/t14-,15+,16+,17+,18-/m0/s1. The lowest BCUT2D eigenvalue weighted by atomic mass is 9.99. The van der Waals surface area contributed by atoms with Crippen LogP contribution < -0.4 is 10.2 Å². The summed E-state index contributed by atoms with van der Waals surface area (Å²) in [6, 6.07) is 5.80. The van der Waals surface area contributed by atoms with Crippen molar-refractivity contribution in [3.63, 3.8) is 0 Å². The number of aromatic nitrogens is 1. The molecule has 0 saturated carbocycles. The van der Waals surface area contributed by atoms with Crippen molar-refractivity contribution in [3.05, 3.63) is 45.4 Å². The number of hydrogen-bond acceptors (Lipinski definition) is 10. The third kappa shape index (κ3) is 3.41. The summed E-state index contributed by atoms with van der Waals surface area (Å²) in [4.78, 5) is 16.5. The largest absolute Gasteiger partial charge is 0.462 e. The van der Waals surface area contributed by atoms with Gasteiger partial charge < -0.3 is 34.3 Å². The molecule has 0 bridgehead atoms. The second-order valence-corrected chi connectivity index (χ2v) is 7.04. The van der Waals surface area contributed by atoms with Gasteiger partial charge in [0.15, 0.2) is 11.2 Å². The van der Waals surface area contributed by atoms with Gasteiger partial charge in [0.2, 0.25) is 6.29 Å². The molecule has 1 aromatic carbocycles. The Hall–Kier alpha value is -2.34. The predicted octanol–water partition coefficient (Wildman–Crippen LogP) is 0.0952. The first-order chi connectivity index (χ1) is 13.5. The van der Waals surface area contributed by atoms with E-state index in [0.717, 1.165) is 0 Å². The monoisotopic (exact) mass is 407 g/mol. The van der Waals surface area contributed by atoms with E-state index in [2.05, 4.69) is 4.98 Å². The van der Waals surface area contributed by atoms with Gasteiger partial charge in [0.05, 0.1) is 17.5 Å². The summed E-state index contributed by atoms with van der Waals surface area (Å²) >= 11 is 1.37. The Labute approximate surface area is 162 Å². The summed E-state index contributed by atoms with van der Waals surface area (Å²) < 4.78 is 16.6. The number of rotatable bonds is 4. The van der Waals surface area contributed by atoms with Crippen molar-refractivity contribution in [1.29, 1.82) is 0 Å². The minimum Gasteiger partial charge on any atom is -0.462 e. The predicted molar refractivity (Wildman–Crippen MR) is 98.0 cm³/mol. The Morgan fingerprint density at radius 1 is 1.14 bits per heavy atom. The van der Waals surface area contributed by atoms with Crippen LogP contribution in [-0.4, -0.2) is 62.7 Å². The molecule has 10 heteroatoms. The van der Waals surface area contributed by atoms with Crippen molar-refractivity contribution in [3.8, 4) is 17.2 Å². The zero-order valence-corrected chi connectivity index (χ0v) is 15.2. The SMILES string of the molecule is O=c1cc(-c2cscn2)oc2cc(O[C@H]3O[C@@H](CO)[C@@H](O)[C@@H](O)[C@H]3O)ccc12. The Bertz CT molecular complexity index is 1020. The normalized spacial score (nSPS) is 27.8. The van der Waals surface area contributed by atoms with Crippen molar-refractivity contribution in [2.45, 2.75) is 30.7 Å². The summed E-state index contributed by atoms with van der Waals surface area (Å²) in [5.41, 5.74) is 2.16. The van der Waals surface area contributed by atoms with Crippen molar-refractivity contribution in [1.82, 2.24) is 4.98 Å². The highest BCUT2D eigenvalue weighted by Gasteiger charge is 2.44. The Morgan fingerprint density at radius 3 is 2.68 bits per heavy atom. The fourth-order valence-electron chi connectivity index (χ4n) is 2.97. The summed E-state index contributed by atoms with van der Waals surface area (Å²) in [6.07, 6.45) is -6.98. The maximum absolute atomic E-state index is 12.3. The number of aliphatic hydroxyl groups excluding tert-OH is 4. The summed E-state index contributed by atoms with van der Waals surface area (Å²) in [7, 11) is 0. The van der Waals surface area contributed by atoms with Crippen LogP contribution in [0.25, 0.3) is 22.4 Å². The number of aliphatic hydroxyl groups is 4. The van der Waals surface area contributed by atoms with Crippen LogP contribution in [0.5, 0.6) is 5.75 Å². The molecule has 1 aliphatic heterocycles. The summed E-state index contributed by atoms with van der Waals surface area (Å²) in [5, 5.41) is 41.1. The summed E-state index contributed by atoms with van der Waals surface area (Å²) in [5.74, 6) is 0.513. The molecule has 2 aromatic heterocycles. The van der Waals surface area contributed by atoms with E-state index in [1.807, 2.05) is 0 Å². The van der Waals surface area contributed by atoms with Gasteiger partial charge in [0, 0.05) is 17.5 Å². The van der Waals surface area contributed by atoms with E-state index < -0.39 is 37.3 Å². The molecular weight excluding hydrogens is 390 g/mol.